The first-order valence-electron chi connectivity index (χ1n) is 3.74. The number of aromatic nitrogens is 3. The van der Waals surface area contributed by atoms with Crippen LogP contribution in [-0.2, 0) is 0 Å². The summed E-state index contributed by atoms with van der Waals surface area (Å²) in [7, 11) is 0. The van der Waals surface area contributed by atoms with Gasteiger partial charge in [-0.05, 0) is 19.8 Å². The molecule has 12 heavy (non-hydrogen) atoms. The van der Waals surface area contributed by atoms with Crippen molar-refractivity contribution in [3.63, 3.8) is 0 Å². The van der Waals surface area contributed by atoms with E-state index in [2.05, 4.69) is 15.0 Å². The largest absolute Gasteiger partial charge is 0.368 e. The van der Waals surface area contributed by atoms with Gasteiger partial charge in [0.1, 0.15) is 11.6 Å². The van der Waals surface area contributed by atoms with Gasteiger partial charge in [-0.2, -0.15) is 9.97 Å². The summed E-state index contributed by atoms with van der Waals surface area (Å²) < 4.78 is 0. The Morgan fingerprint density at radius 2 is 1.92 bits per heavy atom. The summed E-state index contributed by atoms with van der Waals surface area (Å²) in [4.78, 5) is 12.1. The predicted octanol–water partition coefficient (Wildman–Crippen LogP) is 1.06. The molecule has 1 aromatic rings. The number of hydrogen-bond donors (Lipinski definition) is 1. The van der Waals surface area contributed by atoms with Gasteiger partial charge in [-0.3, -0.25) is 0 Å². The lowest BCUT2D eigenvalue weighted by atomic mass is 10.4. The summed E-state index contributed by atoms with van der Waals surface area (Å²) in [5, 5.41) is 0. The molecule has 2 N–H and O–H groups in total. The van der Waals surface area contributed by atoms with Crippen LogP contribution in [0.1, 0.15) is 30.4 Å². The van der Waals surface area contributed by atoms with Crippen LogP contribution >= 0.6 is 12.4 Å². The highest BCUT2D eigenvalue weighted by molar-refractivity contribution is 5.85. The van der Waals surface area contributed by atoms with Gasteiger partial charge in [-0.1, -0.05) is 0 Å². The third-order valence-corrected chi connectivity index (χ3v) is 1.72. The molecular weight excluding hydrogens is 176 g/mol. The Balaban J connectivity index is 0.000000720. The standard InChI is InChI=1S/C7H10N4.ClH/c1-4-9-6(5-2-3-5)11-7(8)10-4;/h5H,2-3H2,1H3,(H2,8,9,10,11);1H. The van der Waals surface area contributed by atoms with E-state index in [9.17, 15) is 0 Å². The molecule has 1 fully saturated rings. The number of halogens is 1. The van der Waals surface area contributed by atoms with E-state index in [1.54, 1.807) is 0 Å². The van der Waals surface area contributed by atoms with Crippen molar-refractivity contribution in [2.24, 2.45) is 0 Å². The van der Waals surface area contributed by atoms with Crippen molar-refractivity contribution in [3.05, 3.63) is 11.6 Å². The normalized spacial score (nSPS) is 15.4. The number of nitrogens with zero attached hydrogens (tertiary/aromatic N) is 3. The fourth-order valence-electron chi connectivity index (χ4n) is 1.05. The van der Waals surface area contributed by atoms with Crippen LogP contribution in [0.5, 0.6) is 0 Å². The molecule has 1 aromatic heterocycles. The number of nitrogens with two attached hydrogens (primary N) is 1. The van der Waals surface area contributed by atoms with E-state index in [-0.39, 0.29) is 12.4 Å². The number of aryl methyl sites for hydroxylation is 1. The Hall–Kier alpha value is -0.900. The van der Waals surface area contributed by atoms with Crippen LogP contribution in [-0.4, -0.2) is 15.0 Å². The van der Waals surface area contributed by atoms with Gasteiger partial charge in [0.25, 0.3) is 0 Å². The lowest BCUT2D eigenvalue weighted by Crippen LogP contribution is -2.03. The lowest BCUT2D eigenvalue weighted by Gasteiger charge is -1.98. The Kier molecular flexibility index (Phi) is 2.47. The molecule has 5 heteroatoms. The highest BCUT2D eigenvalue weighted by atomic mass is 35.5. The molecule has 1 aliphatic carbocycles. The molecule has 1 saturated carbocycles. The summed E-state index contributed by atoms with van der Waals surface area (Å²) in [6.07, 6.45) is 2.39. The molecule has 2 rings (SSSR count). The highest BCUT2D eigenvalue weighted by Crippen LogP contribution is 2.37. The van der Waals surface area contributed by atoms with E-state index in [1.165, 1.54) is 12.8 Å². The van der Waals surface area contributed by atoms with Crippen molar-refractivity contribution in [2.75, 3.05) is 5.73 Å². The van der Waals surface area contributed by atoms with Gasteiger partial charge < -0.3 is 5.73 Å². The maximum Gasteiger partial charge on any atom is 0.223 e. The van der Waals surface area contributed by atoms with Gasteiger partial charge in [0.15, 0.2) is 0 Å². The van der Waals surface area contributed by atoms with Crippen molar-refractivity contribution in [3.8, 4) is 0 Å². The maximum atomic E-state index is 5.46. The molecule has 0 radical (unpaired) electrons. The first-order chi connectivity index (χ1) is 5.25. The van der Waals surface area contributed by atoms with Crippen molar-refractivity contribution in [1.29, 1.82) is 0 Å². The molecule has 1 aliphatic rings. The van der Waals surface area contributed by atoms with Gasteiger partial charge >= 0.3 is 0 Å². The van der Waals surface area contributed by atoms with Crippen LogP contribution in [0.15, 0.2) is 0 Å². The molecule has 0 saturated heterocycles. The number of rotatable bonds is 1. The Morgan fingerprint density at radius 1 is 1.25 bits per heavy atom. The average Bonchev–Trinajstić information content (AvgIpc) is 2.64. The lowest BCUT2D eigenvalue weighted by molar-refractivity contribution is 0.863. The average molecular weight is 187 g/mol. The van der Waals surface area contributed by atoms with Crippen LogP contribution in [0.4, 0.5) is 5.95 Å². The third kappa shape index (κ3) is 1.82. The topological polar surface area (TPSA) is 64.7 Å². The number of hydrogen-bond acceptors (Lipinski definition) is 4. The van der Waals surface area contributed by atoms with Gasteiger partial charge in [0.05, 0.1) is 0 Å². The van der Waals surface area contributed by atoms with Gasteiger partial charge in [0, 0.05) is 5.92 Å². The molecule has 1 heterocycles. The summed E-state index contributed by atoms with van der Waals surface area (Å²) in [5.41, 5.74) is 5.46. The third-order valence-electron chi connectivity index (χ3n) is 1.72. The minimum Gasteiger partial charge on any atom is -0.368 e. The van der Waals surface area contributed by atoms with Crippen molar-refractivity contribution >= 4 is 18.4 Å². The second kappa shape index (κ2) is 3.23. The van der Waals surface area contributed by atoms with E-state index in [1.807, 2.05) is 6.92 Å². The number of anilines is 1. The van der Waals surface area contributed by atoms with Crippen LogP contribution in [0.2, 0.25) is 0 Å². The maximum absolute atomic E-state index is 5.46. The number of nitrogen functional groups attached to an aromatic ring is 1. The molecule has 0 spiro atoms. The Labute approximate surface area is 77.0 Å². The molecule has 0 unspecified atom stereocenters. The van der Waals surface area contributed by atoms with Crippen LogP contribution in [0.3, 0.4) is 0 Å². The molecule has 0 aliphatic heterocycles. The molecule has 4 nitrogen and oxygen atoms in total. The van der Waals surface area contributed by atoms with E-state index < -0.39 is 0 Å². The van der Waals surface area contributed by atoms with Crippen LogP contribution in [0.25, 0.3) is 0 Å². The quantitative estimate of drug-likeness (QED) is 0.713. The zero-order chi connectivity index (χ0) is 7.84. The van der Waals surface area contributed by atoms with Gasteiger partial charge in [0.2, 0.25) is 5.95 Å². The SMILES string of the molecule is Cc1nc(N)nc(C2CC2)n1.Cl. The minimum absolute atomic E-state index is 0. The van der Waals surface area contributed by atoms with Gasteiger partial charge in [-0.25, -0.2) is 4.98 Å². The highest BCUT2D eigenvalue weighted by Gasteiger charge is 2.26. The Morgan fingerprint density at radius 3 is 2.42 bits per heavy atom. The Bertz CT molecular complexity index is 264. The zero-order valence-electron chi connectivity index (χ0n) is 6.82. The summed E-state index contributed by atoms with van der Waals surface area (Å²) in [6, 6.07) is 0. The second-order valence-electron chi connectivity index (χ2n) is 2.87. The molecule has 0 atom stereocenters. The van der Waals surface area contributed by atoms with E-state index in [0.29, 0.717) is 11.9 Å². The molecule has 0 bridgehead atoms. The van der Waals surface area contributed by atoms with Crippen LogP contribution < -0.4 is 5.73 Å². The zero-order valence-corrected chi connectivity index (χ0v) is 7.64. The summed E-state index contributed by atoms with van der Waals surface area (Å²) in [5.74, 6) is 2.49. The molecule has 66 valence electrons. The van der Waals surface area contributed by atoms with Crippen LogP contribution in [0, 0.1) is 6.92 Å². The van der Waals surface area contributed by atoms with Crippen molar-refractivity contribution in [1.82, 2.24) is 15.0 Å². The molecule has 0 amide bonds. The second-order valence-corrected chi connectivity index (χ2v) is 2.87. The van der Waals surface area contributed by atoms with E-state index >= 15 is 0 Å². The van der Waals surface area contributed by atoms with Crippen molar-refractivity contribution < 1.29 is 0 Å². The minimum atomic E-state index is 0. The van der Waals surface area contributed by atoms with Gasteiger partial charge in [-0.15, -0.1) is 12.4 Å². The van der Waals surface area contributed by atoms with E-state index in [4.69, 9.17) is 5.73 Å². The molecule has 0 aromatic carbocycles. The first-order valence-corrected chi connectivity index (χ1v) is 3.74. The smallest absolute Gasteiger partial charge is 0.223 e. The fraction of sp³-hybridized carbons (Fsp3) is 0.571. The monoisotopic (exact) mass is 186 g/mol. The first kappa shape index (κ1) is 9.19. The summed E-state index contributed by atoms with van der Waals surface area (Å²) in [6.45, 7) is 1.84. The molecular formula is C7H11ClN4. The summed E-state index contributed by atoms with van der Waals surface area (Å²) >= 11 is 0. The fourth-order valence-corrected chi connectivity index (χ4v) is 1.05. The van der Waals surface area contributed by atoms with Crippen molar-refractivity contribution in [2.45, 2.75) is 25.7 Å². The van der Waals surface area contributed by atoms with E-state index in [0.717, 1.165) is 11.6 Å². The predicted molar refractivity (Wildman–Crippen MR) is 48.2 cm³/mol.